The molecule has 0 aromatic carbocycles. The van der Waals surface area contributed by atoms with Crippen molar-refractivity contribution in [2.24, 2.45) is 11.3 Å². The van der Waals surface area contributed by atoms with E-state index in [2.05, 4.69) is 19.2 Å². The molecule has 0 aromatic heterocycles. The van der Waals surface area contributed by atoms with Crippen LogP contribution in [0.1, 0.15) is 46.0 Å². The molecule has 88 valence electrons. The Hall–Kier alpha value is -0.570. The zero-order valence-corrected chi connectivity index (χ0v) is 9.88. The number of hydrogen-bond donors (Lipinski definition) is 2. The van der Waals surface area contributed by atoms with Crippen molar-refractivity contribution in [3.8, 4) is 0 Å². The van der Waals surface area contributed by atoms with Gasteiger partial charge in [-0.05, 0) is 31.6 Å². The van der Waals surface area contributed by atoms with Crippen molar-refractivity contribution in [2.75, 3.05) is 13.2 Å². The molecule has 1 rings (SSSR count). The molecule has 1 amide bonds. The third kappa shape index (κ3) is 3.20. The van der Waals surface area contributed by atoms with Crippen LogP contribution in [0.3, 0.4) is 0 Å². The van der Waals surface area contributed by atoms with Gasteiger partial charge in [0.15, 0.2) is 0 Å². The van der Waals surface area contributed by atoms with Gasteiger partial charge in [0, 0.05) is 6.54 Å². The van der Waals surface area contributed by atoms with Crippen molar-refractivity contribution in [1.29, 1.82) is 0 Å². The average Bonchev–Trinajstić information content (AvgIpc) is 2.11. The summed E-state index contributed by atoms with van der Waals surface area (Å²) >= 11 is 0. The number of hydrogen-bond acceptors (Lipinski definition) is 2. The Balaban J connectivity index is 2.18. The van der Waals surface area contributed by atoms with Gasteiger partial charge < -0.3 is 10.4 Å². The minimum atomic E-state index is -0.433. The van der Waals surface area contributed by atoms with Crippen molar-refractivity contribution in [3.05, 3.63) is 0 Å². The largest absolute Gasteiger partial charge is 0.395 e. The Morgan fingerprint density at radius 2 is 2.13 bits per heavy atom. The lowest BCUT2D eigenvalue weighted by Gasteiger charge is -2.38. The molecule has 0 heterocycles. The second-order valence-electron chi connectivity index (χ2n) is 5.08. The Morgan fingerprint density at radius 3 is 2.53 bits per heavy atom. The average molecular weight is 213 g/mol. The summed E-state index contributed by atoms with van der Waals surface area (Å²) < 4.78 is 0. The summed E-state index contributed by atoms with van der Waals surface area (Å²) in [5.74, 6) is 0.748. The van der Waals surface area contributed by atoms with Crippen LogP contribution in [0.25, 0.3) is 0 Å². The molecule has 1 aliphatic carbocycles. The molecule has 15 heavy (non-hydrogen) atoms. The highest BCUT2D eigenvalue weighted by atomic mass is 16.3. The lowest BCUT2D eigenvalue weighted by Crippen LogP contribution is -2.48. The first-order valence-electron chi connectivity index (χ1n) is 6.00. The molecule has 1 fully saturated rings. The zero-order chi connectivity index (χ0) is 11.3. The molecule has 2 N–H and O–H groups in total. The molecule has 0 spiro atoms. The summed E-state index contributed by atoms with van der Waals surface area (Å²) in [6.45, 7) is 5.12. The number of carbonyl (C=O) groups is 1. The summed E-state index contributed by atoms with van der Waals surface area (Å²) in [6, 6.07) is 0. The Bertz CT molecular complexity index is 204. The van der Waals surface area contributed by atoms with Crippen LogP contribution in [0.5, 0.6) is 0 Å². The van der Waals surface area contributed by atoms with Gasteiger partial charge in [0.2, 0.25) is 5.91 Å². The van der Waals surface area contributed by atoms with E-state index in [1.807, 2.05) is 0 Å². The highest BCUT2D eigenvalue weighted by Gasteiger charge is 2.43. The molecule has 1 aliphatic rings. The molecule has 0 radical (unpaired) electrons. The molecule has 0 saturated heterocycles. The summed E-state index contributed by atoms with van der Waals surface area (Å²) in [4.78, 5) is 11.8. The van der Waals surface area contributed by atoms with Crippen molar-refractivity contribution < 1.29 is 9.90 Å². The van der Waals surface area contributed by atoms with Gasteiger partial charge in [-0.15, -0.1) is 0 Å². The normalized spacial score (nSPS) is 18.7. The lowest BCUT2D eigenvalue weighted by molar-refractivity contribution is -0.139. The number of nitrogens with one attached hydrogen (secondary N) is 1. The first-order valence-corrected chi connectivity index (χ1v) is 6.00. The van der Waals surface area contributed by atoms with Crippen molar-refractivity contribution >= 4 is 5.91 Å². The fraction of sp³-hybridized carbons (Fsp3) is 0.917. The molecule has 0 aliphatic heterocycles. The maximum absolute atomic E-state index is 11.8. The maximum atomic E-state index is 11.8. The molecule has 3 nitrogen and oxygen atoms in total. The number of aliphatic hydroxyl groups is 1. The first-order chi connectivity index (χ1) is 7.10. The first kappa shape index (κ1) is 12.5. The Morgan fingerprint density at radius 1 is 1.47 bits per heavy atom. The van der Waals surface area contributed by atoms with Crippen LogP contribution in [0, 0.1) is 11.3 Å². The van der Waals surface area contributed by atoms with E-state index < -0.39 is 5.41 Å². The number of aliphatic hydroxyl groups excluding tert-OH is 1. The fourth-order valence-corrected chi connectivity index (χ4v) is 1.96. The second-order valence-corrected chi connectivity index (χ2v) is 5.08. The van der Waals surface area contributed by atoms with E-state index in [1.54, 1.807) is 0 Å². The Kier molecular flexibility index (Phi) is 4.58. The van der Waals surface area contributed by atoms with Crippen LogP contribution in [0.4, 0.5) is 0 Å². The van der Waals surface area contributed by atoms with Gasteiger partial charge in [-0.1, -0.05) is 20.3 Å². The molecular weight excluding hydrogens is 190 g/mol. The molecule has 0 bridgehead atoms. The van der Waals surface area contributed by atoms with E-state index in [0.29, 0.717) is 5.92 Å². The second kappa shape index (κ2) is 5.50. The van der Waals surface area contributed by atoms with E-state index in [-0.39, 0.29) is 12.5 Å². The molecule has 3 heteroatoms. The highest BCUT2D eigenvalue weighted by Crippen LogP contribution is 2.40. The van der Waals surface area contributed by atoms with Crippen LogP contribution >= 0.6 is 0 Å². The summed E-state index contributed by atoms with van der Waals surface area (Å²) in [7, 11) is 0. The van der Waals surface area contributed by atoms with Crippen LogP contribution in [-0.4, -0.2) is 24.2 Å². The van der Waals surface area contributed by atoms with Crippen LogP contribution in [0.2, 0.25) is 0 Å². The van der Waals surface area contributed by atoms with Crippen LogP contribution in [-0.2, 0) is 4.79 Å². The Labute approximate surface area is 92.3 Å². The quantitative estimate of drug-likeness (QED) is 0.660. The summed E-state index contributed by atoms with van der Waals surface area (Å²) in [5.41, 5.74) is -0.433. The van der Waals surface area contributed by atoms with E-state index >= 15 is 0 Å². The predicted octanol–water partition coefficient (Wildman–Crippen LogP) is 1.70. The summed E-state index contributed by atoms with van der Waals surface area (Å²) in [5, 5.41) is 12.1. The lowest BCUT2D eigenvalue weighted by atomic mass is 9.68. The van der Waals surface area contributed by atoms with E-state index in [1.165, 1.54) is 0 Å². The molecule has 1 saturated carbocycles. The van der Waals surface area contributed by atoms with Gasteiger partial charge in [0.25, 0.3) is 0 Å². The van der Waals surface area contributed by atoms with Gasteiger partial charge in [0.1, 0.15) is 0 Å². The molecule has 0 aromatic rings. The third-order valence-electron chi connectivity index (χ3n) is 3.34. The maximum Gasteiger partial charge on any atom is 0.228 e. The minimum absolute atomic E-state index is 0.00299. The molecule has 0 unspecified atom stereocenters. The number of rotatable bonds is 6. The number of amides is 1. The van der Waals surface area contributed by atoms with E-state index in [9.17, 15) is 9.90 Å². The highest BCUT2D eigenvalue weighted by molar-refractivity contribution is 5.83. The van der Waals surface area contributed by atoms with Gasteiger partial charge >= 0.3 is 0 Å². The zero-order valence-electron chi connectivity index (χ0n) is 9.88. The number of carbonyl (C=O) groups excluding carboxylic acids is 1. The van der Waals surface area contributed by atoms with Crippen molar-refractivity contribution in [2.45, 2.75) is 46.0 Å². The molecular formula is C12H23NO2. The fourth-order valence-electron chi connectivity index (χ4n) is 1.96. The SMILES string of the molecule is CC(C)CCCNC(=O)C1(CO)CCC1. The van der Waals surface area contributed by atoms with Crippen LogP contribution < -0.4 is 5.32 Å². The van der Waals surface area contributed by atoms with Gasteiger partial charge in [-0.25, -0.2) is 0 Å². The van der Waals surface area contributed by atoms with Crippen LogP contribution in [0.15, 0.2) is 0 Å². The summed E-state index contributed by atoms with van der Waals surface area (Å²) in [6.07, 6.45) is 4.94. The van der Waals surface area contributed by atoms with E-state index in [4.69, 9.17) is 0 Å². The van der Waals surface area contributed by atoms with Gasteiger partial charge in [-0.3, -0.25) is 4.79 Å². The van der Waals surface area contributed by atoms with E-state index in [0.717, 1.165) is 38.6 Å². The van der Waals surface area contributed by atoms with Crippen molar-refractivity contribution in [3.63, 3.8) is 0 Å². The molecule has 0 atom stereocenters. The minimum Gasteiger partial charge on any atom is -0.395 e. The predicted molar refractivity (Wildman–Crippen MR) is 60.5 cm³/mol. The van der Waals surface area contributed by atoms with Crippen molar-refractivity contribution in [1.82, 2.24) is 5.32 Å². The monoisotopic (exact) mass is 213 g/mol. The third-order valence-corrected chi connectivity index (χ3v) is 3.34. The topological polar surface area (TPSA) is 49.3 Å². The smallest absolute Gasteiger partial charge is 0.228 e. The van der Waals surface area contributed by atoms with Gasteiger partial charge in [0.05, 0.1) is 12.0 Å². The van der Waals surface area contributed by atoms with Gasteiger partial charge in [-0.2, -0.15) is 0 Å². The standard InChI is InChI=1S/C12H23NO2/c1-10(2)5-3-8-13-11(15)12(9-14)6-4-7-12/h10,14H,3-9H2,1-2H3,(H,13,15).